The van der Waals surface area contributed by atoms with Gasteiger partial charge in [0.1, 0.15) is 5.52 Å². The largest absolute Gasteiger partial charge is 0.441 e. The normalized spacial score (nSPS) is 13.1. The van der Waals surface area contributed by atoms with Crippen LogP contribution in [0.15, 0.2) is 22.6 Å². The van der Waals surface area contributed by atoms with Crippen LogP contribution >= 0.6 is 0 Å². The molecule has 1 unspecified atom stereocenters. The lowest BCUT2D eigenvalue weighted by Gasteiger charge is -2.25. The van der Waals surface area contributed by atoms with E-state index in [4.69, 9.17) is 4.42 Å². The number of amides is 2. The third kappa shape index (κ3) is 4.46. The highest BCUT2D eigenvalue weighted by Gasteiger charge is 2.19. The summed E-state index contributed by atoms with van der Waals surface area (Å²) in [7, 11) is 0. The first-order valence-electron chi connectivity index (χ1n) is 7.32. The molecule has 0 fully saturated rings. The Kier molecular flexibility index (Phi) is 4.71. The molecule has 0 spiro atoms. The van der Waals surface area contributed by atoms with E-state index >= 15 is 0 Å². The summed E-state index contributed by atoms with van der Waals surface area (Å²) >= 11 is 0. The van der Waals surface area contributed by atoms with Gasteiger partial charge in [0.05, 0.1) is 12.6 Å². The van der Waals surface area contributed by atoms with Gasteiger partial charge in [-0.1, -0.05) is 20.8 Å². The van der Waals surface area contributed by atoms with Gasteiger partial charge in [0.15, 0.2) is 11.5 Å². The molecule has 0 saturated carbocycles. The number of hydrogen-bond donors (Lipinski definition) is 3. The van der Waals surface area contributed by atoms with Gasteiger partial charge < -0.3 is 20.2 Å². The molecule has 0 aliphatic carbocycles. The van der Waals surface area contributed by atoms with Crippen LogP contribution < -0.4 is 10.6 Å². The molecule has 0 bridgehead atoms. The molecule has 0 saturated heterocycles. The lowest BCUT2D eigenvalue weighted by Crippen LogP contribution is -2.42. The van der Waals surface area contributed by atoms with Crippen molar-refractivity contribution in [2.45, 2.75) is 40.2 Å². The number of aliphatic hydroxyl groups excluding tert-OH is 1. The fourth-order valence-corrected chi connectivity index (χ4v) is 2.37. The van der Waals surface area contributed by atoms with Crippen molar-refractivity contribution in [2.75, 3.05) is 11.9 Å². The number of aryl methyl sites for hydroxylation is 1. The quantitative estimate of drug-likeness (QED) is 0.810. The minimum absolute atomic E-state index is 0.0256. The maximum Gasteiger partial charge on any atom is 0.319 e. The van der Waals surface area contributed by atoms with E-state index < -0.39 is 0 Å². The van der Waals surface area contributed by atoms with Gasteiger partial charge in [0, 0.05) is 12.6 Å². The molecule has 22 heavy (non-hydrogen) atoms. The zero-order valence-corrected chi connectivity index (χ0v) is 13.4. The van der Waals surface area contributed by atoms with Crippen LogP contribution in [0, 0.1) is 12.3 Å². The lowest BCUT2D eigenvalue weighted by molar-refractivity contribution is 0.196. The van der Waals surface area contributed by atoms with Crippen LogP contribution in [0.3, 0.4) is 0 Å². The Morgan fingerprint density at radius 2 is 2.14 bits per heavy atom. The van der Waals surface area contributed by atoms with Crippen molar-refractivity contribution >= 4 is 22.8 Å². The van der Waals surface area contributed by atoms with Gasteiger partial charge >= 0.3 is 6.03 Å². The fourth-order valence-electron chi connectivity index (χ4n) is 2.37. The molecule has 1 heterocycles. The number of fused-ring (bicyclic) bond motifs is 1. The van der Waals surface area contributed by atoms with Crippen molar-refractivity contribution in [3.05, 3.63) is 24.1 Å². The van der Waals surface area contributed by atoms with E-state index in [1.165, 1.54) is 0 Å². The molecule has 6 heteroatoms. The number of rotatable bonds is 4. The van der Waals surface area contributed by atoms with Gasteiger partial charge in [-0.3, -0.25) is 0 Å². The predicted octanol–water partition coefficient (Wildman–Crippen LogP) is 3.05. The van der Waals surface area contributed by atoms with Crippen LogP contribution in [0.4, 0.5) is 10.5 Å². The third-order valence-electron chi connectivity index (χ3n) is 3.17. The Bertz CT molecular complexity index is 658. The van der Waals surface area contributed by atoms with Gasteiger partial charge in [-0.2, -0.15) is 0 Å². The summed E-state index contributed by atoms with van der Waals surface area (Å²) in [5.74, 6) is 0.585. The molecule has 0 radical (unpaired) electrons. The zero-order valence-electron chi connectivity index (χ0n) is 13.4. The summed E-state index contributed by atoms with van der Waals surface area (Å²) in [6.07, 6.45) is 0.693. The van der Waals surface area contributed by atoms with Crippen LogP contribution in [0.2, 0.25) is 0 Å². The van der Waals surface area contributed by atoms with Gasteiger partial charge in [-0.25, -0.2) is 9.78 Å². The minimum atomic E-state index is -0.345. The second-order valence-electron chi connectivity index (χ2n) is 6.66. The molecule has 0 aliphatic rings. The number of carbonyl (C=O) groups is 1. The summed E-state index contributed by atoms with van der Waals surface area (Å²) < 4.78 is 5.39. The van der Waals surface area contributed by atoms with Crippen LogP contribution in [0.25, 0.3) is 11.1 Å². The number of carbonyl (C=O) groups excluding carboxylic acids is 1. The predicted molar refractivity (Wildman–Crippen MR) is 85.8 cm³/mol. The summed E-state index contributed by atoms with van der Waals surface area (Å²) in [5, 5.41) is 14.9. The number of aromatic nitrogens is 1. The van der Waals surface area contributed by atoms with Crippen molar-refractivity contribution in [2.24, 2.45) is 5.41 Å². The third-order valence-corrected chi connectivity index (χ3v) is 3.17. The molecule has 0 aliphatic heterocycles. The van der Waals surface area contributed by atoms with Crippen LogP contribution in [0.5, 0.6) is 0 Å². The van der Waals surface area contributed by atoms with E-state index in [0.29, 0.717) is 29.1 Å². The highest BCUT2D eigenvalue weighted by atomic mass is 16.3. The Balaban J connectivity index is 2.00. The first-order valence-corrected chi connectivity index (χ1v) is 7.32. The second-order valence-corrected chi connectivity index (χ2v) is 6.66. The van der Waals surface area contributed by atoms with Crippen LogP contribution in [-0.4, -0.2) is 28.8 Å². The average molecular weight is 305 g/mol. The molecular weight excluding hydrogens is 282 g/mol. The summed E-state index contributed by atoms with van der Waals surface area (Å²) in [6.45, 7) is 7.88. The zero-order chi connectivity index (χ0) is 16.3. The van der Waals surface area contributed by atoms with E-state index in [1.807, 2.05) is 0 Å². The molecule has 6 nitrogen and oxygen atoms in total. The summed E-state index contributed by atoms with van der Waals surface area (Å²) in [5.41, 5.74) is 2.04. The number of aliphatic hydroxyl groups is 1. The number of anilines is 1. The topological polar surface area (TPSA) is 87.4 Å². The number of hydrogen-bond acceptors (Lipinski definition) is 4. The van der Waals surface area contributed by atoms with Crippen molar-refractivity contribution in [1.29, 1.82) is 0 Å². The molecule has 2 rings (SSSR count). The highest BCUT2D eigenvalue weighted by molar-refractivity contribution is 5.91. The standard InChI is InChI=1S/C16H23N3O3/c1-10-17-13-7-11(5-6-14(13)22-10)18-15(21)19-12(9-20)8-16(2,3)4/h5-7,12,20H,8-9H2,1-4H3,(H2,18,19,21). The van der Waals surface area contributed by atoms with E-state index in [1.54, 1.807) is 25.1 Å². The highest BCUT2D eigenvalue weighted by Crippen LogP contribution is 2.21. The van der Waals surface area contributed by atoms with Gasteiger partial charge in [0.2, 0.25) is 0 Å². The second kappa shape index (κ2) is 6.36. The summed E-state index contributed by atoms with van der Waals surface area (Å²) in [6, 6.07) is 4.65. The molecule has 2 amide bonds. The van der Waals surface area contributed by atoms with Crippen LogP contribution in [-0.2, 0) is 0 Å². The maximum atomic E-state index is 12.0. The SMILES string of the molecule is Cc1nc2cc(NC(=O)NC(CO)CC(C)(C)C)ccc2o1. The monoisotopic (exact) mass is 305 g/mol. The number of nitrogens with zero attached hydrogens (tertiary/aromatic N) is 1. The van der Waals surface area contributed by atoms with Crippen LogP contribution in [0.1, 0.15) is 33.1 Å². The van der Waals surface area contributed by atoms with E-state index in [0.717, 1.165) is 0 Å². The Morgan fingerprint density at radius 3 is 2.77 bits per heavy atom. The first kappa shape index (κ1) is 16.3. The number of urea groups is 1. The maximum absolute atomic E-state index is 12.0. The van der Waals surface area contributed by atoms with E-state index in [9.17, 15) is 9.90 Å². The molecule has 1 atom stereocenters. The van der Waals surface area contributed by atoms with Crippen molar-refractivity contribution in [3.63, 3.8) is 0 Å². The van der Waals surface area contributed by atoms with Gasteiger partial charge in [-0.15, -0.1) is 0 Å². The minimum Gasteiger partial charge on any atom is -0.441 e. The van der Waals surface area contributed by atoms with Crippen molar-refractivity contribution in [1.82, 2.24) is 10.3 Å². The summed E-state index contributed by atoms with van der Waals surface area (Å²) in [4.78, 5) is 16.3. The molecule has 1 aromatic heterocycles. The molecule has 3 N–H and O–H groups in total. The number of nitrogens with one attached hydrogen (secondary N) is 2. The van der Waals surface area contributed by atoms with E-state index in [-0.39, 0.29) is 24.1 Å². The molecular formula is C16H23N3O3. The lowest BCUT2D eigenvalue weighted by atomic mass is 9.88. The number of benzene rings is 1. The van der Waals surface area contributed by atoms with Crippen molar-refractivity contribution in [3.8, 4) is 0 Å². The first-order chi connectivity index (χ1) is 10.3. The van der Waals surface area contributed by atoms with Gasteiger partial charge in [0.25, 0.3) is 0 Å². The Morgan fingerprint density at radius 1 is 1.41 bits per heavy atom. The molecule has 1 aromatic carbocycles. The smallest absolute Gasteiger partial charge is 0.319 e. The van der Waals surface area contributed by atoms with Crippen molar-refractivity contribution < 1.29 is 14.3 Å². The van der Waals surface area contributed by atoms with Gasteiger partial charge in [-0.05, 0) is 30.0 Å². The molecule has 120 valence electrons. The Hall–Kier alpha value is -2.08. The fraction of sp³-hybridized carbons (Fsp3) is 0.500. The number of oxazole rings is 1. The average Bonchev–Trinajstić information content (AvgIpc) is 2.75. The molecule has 2 aromatic rings. The Labute approximate surface area is 129 Å². The van der Waals surface area contributed by atoms with E-state index in [2.05, 4.69) is 36.4 Å².